The van der Waals surface area contributed by atoms with Crippen LogP contribution >= 0.6 is 27.5 Å². The number of pyridine rings is 3. The number of aryl methyl sites for hydroxylation is 1. The third kappa shape index (κ3) is 19.4. The normalized spacial score (nSPS) is 12.4. The lowest BCUT2D eigenvalue weighted by atomic mass is 10.2. The van der Waals surface area contributed by atoms with E-state index in [9.17, 15) is 64.8 Å². The highest BCUT2D eigenvalue weighted by molar-refractivity contribution is 9.10. The van der Waals surface area contributed by atoms with Crippen LogP contribution in [0.3, 0.4) is 0 Å². The van der Waals surface area contributed by atoms with Gasteiger partial charge in [-0.05, 0) is 141 Å². The number of hydrogen-bond donors (Lipinski definition) is 3. The molecule has 0 saturated carbocycles. The molecule has 0 aliphatic carbocycles. The molecule has 0 aliphatic heterocycles. The highest BCUT2D eigenvalue weighted by atomic mass is 79.9. The van der Waals surface area contributed by atoms with E-state index in [1.807, 2.05) is 44.4 Å². The molecule has 444 valence electrons. The molecule has 0 bridgehead atoms. The number of anilines is 6. The number of nitrogens with one attached hydrogen (secondary N) is 3. The van der Waals surface area contributed by atoms with Crippen molar-refractivity contribution in [1.29, 1.82) is 0 Å². The maximum Gasteiger partial charge on any atom is 0.516 e. The van der Waals surface area contributed by atoms with Gasteiger partial charge in [0, 0.05) is 80.4 Å². The second kappa shape index (κ2) is 28.6. The van der Waals surface area contributed by atoms with E-state index >= 15 is 0 Å². The predicted molar refractivity (Wildman–Crippen MR) is 299 cm³/mol. The van der Waals surface area contributed by atoms with E-state index in [1.54, 1.807) is 71.0 Å². The predicted octanol–water partition coefficient (Wildman–Crippen LogP) is 14.8. The molecule has 6 rings (SSSR count). The fourth-order valence-electron chi connectivity index (χ4n) is 6.22. The van der Waals surface area contributed by atoms with Crippen molar-refractivity contribution in [2.75, 3.05) is 69.1 Å². The van der Waals surface area contributed by atoms with Crippen LogP contribution in [0.15, 0.2) is 145 Å². The SMILES string of the molecule is CCN(CC)c1ccc(N=Nc2ccc(C)cn2)c(NS(=O)(=O)C(F)(F)F)c1.CCN(CC)c1ccc(N=Nc2ccc(Cl)cn2)c(NS(=O)(=O)C(F)(F)F)c1.CN(C)c1ccc(N=Nc2ccc(Br)cn2)c(NS(=O)(=O)C(F)(F)F)c1. The molecule has 0 spiro atoms. The van der Waals surface area contributed by atoms with Crippen molar-refractivity contribution >= 4 is 126 Å². The van der Waals surface area contributed by atoms with Crippen molar-refractivity contribution in [3.8, 4) is 0 Å². The van der Waals surface area contributed by atoms with E-state index in [0.717, 1.165) is 5.56 Å². The maximum absolute atomic E-state index is 12.8. The van der Waals surface area contributed by atoms with Gasteiger partial charge >= 0.3 is 46.6 Å². The molecule has 0 aliphatic rings. The lowest BCUT2D eigenvalue weighted by molar-refractivity contribution is -0.0435. The van der Waals surface area contributed by atoms with Gasteiger partial charge in [-0.2, -0.15) is 64.8 Å². The number of azo groups is 3. The lowest BCUT2D eigenvalue weighted by Gasteiger charge is -2.22. The van der Waals surface area contributed by atoms with Crippen LogP contribution in [0.25, 0.3) is 0 Å². The summed E-state index contributed by atoms with van der Waals surface area (Å²) in [6.07, 6.45) is 4.36. The molecule has 21 nitrogen and oxygen atoms in total. The van der Waals surface area contributed by atoms with Gasteiger partial charge in [0.2, 0.25) is 0 Å². The molecule has 3 N–H and O–H groups in total. The molecule has 3 heterocycles. The Kier molecular flexibility index (Phi) is 23.4. The number of sulfonamides is 3. The van der Waals surface area contributed by atoms with E-state index in [2.05, 4.69) is 61.6 Å². The van der Waals surface area contributed by atoms with Crippen molar-refractivity contribution < 1.29 is 64.8 Å². The summed E-state index contributed by atoms with van der Waals surface area (Å²) in [4.78, 5) is 17.2. The van der Waals surface area contributed by atoms with Gasteiger partial charge in [0.05, 0.1) is 22.1 Å². The minimum atomic E-state index is -5.62. The van der Waals surface area contributed by atoms with Crippen LogP contribution in [-0.4, -0.2) is 97.0 Å². The molecule has 0 saturated heterocycles. The summed E-state index contributed by atoms with van der Waals surface area (Å²) in [7, 11) is -13.5. The zero-order valence-electron chi connectivity index (χ0n) is 43.9. The van der Waals surface area contributed by atoms with Crippen molar-refractivity contribution in [3.63, 3.8) is 0 Å². The smallest absolute Gasteiger partial charge is 0.378 e. The summed E-state index contributed by atoms with van der Waals surface area (Å²) in [6.45, 7) is 11.7. The maximum atomic E-state index is 12.8. The van der Waals surface area contributed by atoms with Gasteiger partial charge in [0.1, 0.15) is 17.1 Å². The van der Waals surface area contributed by atoms with Crippen molar-refractivity contribution in [2.24, 2.45) is 30.7 Å². The molecule has 0 unspecified atom stereocenters. The Hall–Kier alpha value is -7.30. The summed E-state index contributed by atoms with van der Waals surface area (Å²) in [6, 6.07) is 22.2. The summed E-state index contributed by atoms with van der Waals surface area (Å²) in [5.74, 6) is 0.597. The number of rotatable bonds is 19. The van der Waals surface area contributed by atoms with E-state index < -0.39 is 46.6 Å². The first-order valence-corrected chi connectivity index (χ1v) is 29.0. The number of aromatic nitrogens is 3. The highest BCUT2D eigenvalue weighted by Crippen LogP contribution is 2.38. The van der Waals surface area contributed by atoms with Gasteiger partial charge in [-0.1, -0.05) is 17.7 Å². The van der Waals surface area contributed by atoms with Crippen LogP contribution in [0.2, 0.25) is 5.02 Å². The molecule has 6 aromatic rings. The van der Waals surface area contributed by atoms with Crippen molar-refractivity contribution in [3.05, 3.63) is 125 Å². The van der Waals surface area contributed by atoms with Crippen LogP contribution in [0.1, 0.15) is 33.3 Å². The molecule has 35 heteroatoms. The molecule has 0 atom stereocenters. The second-order valence-corrected chi connectivity index (χ2v) is 22.8. The fraction of sp³-hybridized carbons (Fsp3) is 0.298. The standard InChI is InChI=1S/C17H20F3N5O2S.C16H17ClF3N5O2S.C14H13BrF3N5O2S/c1-4-25(5-2)13-7-8-14(22-23-16-9-6-12(3)11-21-16)15(10-13)24-28(26,27)17(18,19)20;1-3-25(4-2)12-6-7-13(22-23-15-8-5-11(17)10-21-15)14(9-12)24-28(26,27)16(18,19)20;1-23(2)10-4-5-11(20-21-13-6-3-9(15)8-19-13)12(7-10)22-26(24,25)14(16,17)18/h6-11,24H,4-5H2,1-3H3;5-10,24H,3-4H2,1-2H3;3-8,22H,1-2H3. The van der Waals surface area contributed by atoms with Crippen LogP contribution in [0.5, 0.6) is 0 Å². The number of alkyl halides is 9. The first kappa shape index (κ1) is 67.2. The summed E-state index contributed by atoms with van der Waals surface area (Å²) in [5, 5.41) is 23.4. The van der Waals surface area contributed by atoms with Gasteiger partial charge in [-0.3, -0.25) is 14.2 Å². The Labute approximate surface area is 479 Å². The molecule has 0 amide bonds. The van der Waals surface area contributed by atoms with Gasteiger partial charge < -0.3 is 14.7 Å². The first-order valence-electron chi connectivity index (χ1n) is 23.4. The summed E-state index contributed by atoms with van der Waals surface area (Å²) < 4.78 is 189. The average Bonchev–Trinajstić information content (AvgIpc) is 3.57. The van der Waals surface area contributed by atoms with Crippen molar-refractivity contribution in [1.82, 2.24) is 15.0 Å². The fourth-order valence-corrected chi connectivity index (χ4v) is 8.28. The summed E-state index contributed by atoms with van der Waals surface area (Å²) in [5.41, 5.74) is -15.2. The summed E-state index contributed by atoms with van der Waals surface area (Å²) >= 11 is 8.92. The lowest BCUT2D eigenvalue weighted by Crippen LogP contribution is -2.30. The number of halogens is 11. The number of benzene rings is 3. The zero-order valence-corrected chi connectivity index (χ0v) is 48.7. The second-order valence-electron chi connectivity index (χ2n) is 16.5. The molecule has 3 aromatic carbocycles. The minimum absolute atomic E-state index is 0.0638. The van der Waals surface area contributed by atoms with E-state index in [0.29, 0.717) is 52.7 Å². The van der Waals surface area contributed by atoms with Crippen molar-refractivity contribution in [2.45, 2.75) is 51.1 Å². The Balaban J connectivity index is 0.000000265. The highest BCUT2D eigenvalue weighted by Gasteiger charge is 2.48. The van der Waals surface area contributed by atoms with Crippen LogP contribution < -0.4 is 28.9 Å². The molecule has 0 radical (unpaired) electrons. The van der Waals surface area contributed by atoms with E-state index in [4.69, 9.17) is 11.6 Å². The van der Waals surface area contributed by atoms with Crippen LogP contribution in [0, 0.1) is 6.92 Å². The molecule has 82 heavy (non-hydrogen) atoms. The topological polar surface area (TPSA) is 261 Å². The minimum Gasteiger partial charge on any atom is -0.378 e. The monoisotopic (exact) mass is 1300 g/mol. The molecule has 0 fully saturated rings. The van der Waals surface area contributed by atoms with Crippen LogP contribution in [-0.2, 0) is 30.1 Å². The number of nitrogens with zero attached hydrogens (tertiary/aromatic N) is 12. The Morgan fingerprint density at radius 3 is 1.10 bits per heavy atom. The zero-order chi connectivity index (χ0) is 61.4. The third-order valence-electron chi connectivity index (χ3n) is 10.5. The quantitative estimate of drug-likeness (QED) is 0.0505. The Morgan fingerprint density at radius 2 is 0.805 bits per heavy atom. The molecular weight excluding hydrogens is 1250 g/mol. The van der Waals surface area contributed by atoms with Crippen LogP contribution in [0.4, 0.5) is 108 Å². The van der Waals surface area contributed by atoms with Gasteiger partial charge in [-0.15, -0.1) is 30.7 Å². The molecular formula is C47H50BrClF9N15O6S3. The van der Waals surface area contributed by atoms with E-state index in [1.165, 1.54) is 71.7 Å². The largest absolute Gasteiger partial charge is 0.516 e. The van der Waals surface area contributed by atoms with Gasteiger partial charge in [0.25, 0.3) is 0 Å². The Morgan fingerprint density at radius 1 is 0.476 bits per heavy atom. The molecule has 3 aromatic heterocycles. The average molecular weight is 1300 g/mol. The first-order chi connectivity index (χ1) is 38.1. The number of hydrogen-bond acceptors (Lipinski definition) is 18. The van der Waals surface area contributed by atoms with E-state index in [-0.39, 0.29) is 51.6 Å². The third-order valence-corrected chi connectivity index (χ3v) is 14.4. The van der Waals surface area contributed by atoms with Gasteiger partial charge in [0.15, 0.2) is 17.5 Å². The Bertz CT molecular complexity index is 3390. The van der Waals surface area contributed by atoms with Gasteiger partial charge in [-0.25, -0.2) is 15.0 Å².